The number of benzene rings is 1. The van der Waals surface area contributed by atoms with Gasteiger partial charge in [0.05, 0.1) is 5.02 Å². The van der Waals surface area contributed by atoms with E-state index < -0.39 is 0 Å². The number of halogens is 2. The third kappa shape index (κ3) is 4.44. The van der Waals surface area contributed by atoms with E-state index in [1.54, 1.807) is 6.07 Å². The Balaban J connectivity index is 1.99. The van der Waals surface area contributed by atoms with Crippen LogP contribution in [0.15, 0.2) is 18.2 Å². The lowest BCUT2D eigenvalue weighted by atomic mass is 10.0. The van der Waals surface area contributed by atoms with Crippen LogP contribution < -0.4 is 5.32 Å². The lowest BCUT2D eigenvalue weighted by Crippen LogP contribution is -2.45. The highest BCUT2D eigenvalue weighted by molar-refractivity contribution is 6.30. The molecule has 112 valence electrons. The average molecular weight is 299 g/mol. The molecule has 2 rings (SSSR count). The first-order valence-electron chi connectivity index (χ1n) is 7.47. The van der Waals surface area contributed by atoms with Crippen molar-refractivity contribution in [2.24, 2.45) is 0 Å². The lowest BCUT2D eigenvalue weighted by molar-refractivity contribution is 0.177. The Bertz CT molecular complexity index is 430. The summed E-state index contributed by atoms with van der Waals surface area (Å²) < 4.78 is 13.2. The van der Waals surface area contributed by atoms with Gasteiger partial charge in [0, 0.05) is 25.2 Å². The summed E-state index contributed by atoms with van der Waals surface area (Å²) in [6, 6.07) is 6.05. The van der Waals surface area contributed by atoms with E-state index in [4.69, 9.17) is 11.6 Å². The van der Waals surface area contributed by atoms with Crippen LogP contribution in [0.25, 0.3) is 0 Å². The van der Waals surface area contributed by atoms with Gasteiger partial charge in [0.25, 0.3) is 0 Å². The van der Waals surface area contributed by atoms with Gasteiger partial charge in [0.1, 0.15) is 5.82 Å². The fraction of sp³-hybridized carbons (Fsp3) is 0.625. The highest BCUT2D eigenvalue weighted by Gasteiger charge is 2.19. The van der Waals surface area contributed by atoms with E-state index in [2.05, 4.69) is 24.1 Å². The van der Waals surface area contributed by atoms with E-state index in [0.717, 1.165) is 25.2 Å². The van der Waals surface area contributed by atoms with Gasteiger partial charge < -0.3 is 5.32 Å². The summed E-state index contributed by atoms with van der Waals surface area (Å²) in [5.41, 5.74) is 1.07. The fourth-order valence-corrected chi connectivity index (χ4v) is 2.90. The predicted molar refractivity (Wildman–Crippen MR) is 82.6 cm³/mol. The zero-order valence-corrected chi connectivity index (χ0v) is 13.1. The number of rotatable bonds is 5. The second-order valence-corrected chi connectivity index (χ2v) is 6.33. The van der Waals surface area contributed by atoms with E-state index in [1.807, 2.05) is 6.07 Å². The van der Waals surface area contributed by atoms with E-state index in [1.165, 1.54) is 25.3 Å². The van der Waals surface area contributed by atoms with Crippen molar-refractivity contribution in [1.82, 2.24) is 10.2 Å². The summed E-state index contributed by atoms with van der Waals surface area (Å²) in [7, 11) is 0. The smallest absolute Gasteiger partial charge is 0.141 e. The molecule has 0 bridgehead atoms. The molecule has 1 fully saturated rings. The Morgan fingerprint density at radius 2 is 2.20 bits per heavy atom. The van der Waals surface area contributed by atoms with Gasteiger partial charge in [0.15, 0.2) is 0 Å². The molecule has 20 heavy (non-hydrogen) atoms. The Labute approximate surface area is 126 Å². The zero-order valence-electron chi connectivity index (χ0n) is 12.3. The summed E-state index contributed by atoms with van der Waals surface area (Å²) in [6.45, 7) is 7.38. The number of hydrogen-bond acceptors (Lipinski definition) is 2. The molecule has 1 aliphatic rings. The number of piperidine rings is 1. The molecule has 1 aromatic rings. The van der Waals surface area contributed by atoms with Crippen molar-refractivity contribution in [1.29, 1.82) is 0 Å². The van der Waals surface area contributed by atoms with Crippen molar-refractivity contribution in [3.63, 3.8) is 0 Å². The molecule has 0 aromatic heterocycles. The van der Waals surface area contributed by atoms with E-state index >= 15 is 0 Å². The van der Waals surface area contributed by atoms with Gasteiger partial charge in [0.2, 0.25) is 0 Å². The molecule has 4 heteroatoms. The second kappa shape index (κ2) is 7.39. The first kappa shape index (κ1) is 15.7. The van der Waals surface area contributed by atoms with Gasteiger partial charge in [-0.1, -0.05) is 24.1 Å². The van der Waals surface area contributed by atoms with E-state index in [0.29, 0.717) is 12.1 Å². The van der Waals surface area contributed by atoms with Crippen molar-refractivity contribution < 1.29 is 4.39 Å². The first-order valence-corrected chi connectivity index (χ1v) is 7.85. The summed E-state index contributed by atoms with van der Waals surface area (Å²) in [5, 5.41) is 3.79. The molecule has 1 N–H and O–H groups in total. The second-order valence-electron chi connectivity index (χ2n) is 5.92. The average Bonchev–Trinajstić information content (AvgIpc) is 2.43. The largest absolute Gasteiger partial charge is 0.313 e. The minimum Gasteiger partial charge on any atom is -0.313 e. The molecule has 1 unspecified atom stereocenters. The Morgan fingerprint density at radius 3 is 2.80 bits per heavy atom. The molecule has 1 aliphatic heterocycles. The number of hydrogen-bond donors (Lipinski definition) is 1. The van der Waals surface area contributed by atoms with Crippen LogP contribution in [0.2, 0.25) is 5.02 Å². The summed E-state index contributed by atoms with van der Waals surface area (Å²) in [6.07, 6.45) is 3.84. The van der Waals surface area contributed by atoms with Crippen molar-refractivity contribution in [3.8, 4) is 0 Å². The first-order chi connectivity index (χ1) is 9.56. The maximum Gasteiger partial charge on any atom is 0.141 e. The highest BCUT2D eigenvalue weighted by Crippen LogP contribution is 2.19. The van der Waals surface area contributed by atoms with Crippen molar-refractivity contribution in [3.05, 3.63) is 34.6 Å². The maximum absolute atomic E-state index is 13.2. The SMILES string of the molecule is CC(C)N(Cc1ccc(F)c(Cl)c1)CC1CCCCN1. The monoisotopic (exact) mass is 298 g/mol. The molecule has 0 spiro atoms. The molecule has 1 heterocycles. The van der Waals surface area contributed by atoms with Crippen LogP contribution in [0.1, 0.15) is 38.7 Å². The third-order valence-corrected chi connectivity index (χ3v) is 4.26. The van der Waals surface area contributed by atoms with E-state index in [-0.39, 0.29) is 10.8 Å². The van der Waals surface area contributed by atoms with Crippen LogP contribution >= 0.6 is 11.6 Å². The van der Waals surface area contributed by atoms with Crippen LogP contribution in [0.5, 0.6) is 0 Å². The van der Waals surface area contributed by atoms with Crippen molar-refractivity contribution >= 4 is 11.6 Å². The van der Waals surface area contributed by atoms with Crippen LogP contribution in [0, 0.1) is 5.82 Å². The number of nitrogens with zero attached hydrogens (tertiary/aromatic N) is 1. The lowest BCUT2D eigenvalue weighted by Gasteiger charge is -2.33. The quantitative estimate of drug-likeness (QED) is 0.889. The van der Waals surface area contributed by atoms with Gasteiger partial charge in [-0.15, -0.1) is 0 Å². The molecule has 0 amide bonds. The predicted octanol–water partition coefficient (Wildman–Crippen LogP) is 3.83. The molecule has 2 nitrogen and oxygen atoms in total. The van der Waals surface area contributed by atoms with Gasteiger partial charge >= 0.3 is 0 Å². The van der Waals surface area contributed by atoms with Gasteiger partial charge in [-0.2, -0.15) is 0 Å². The minimum atomic E-state index is -0.347. The van der Waals surface area contributed by atoms with Crippen molar-refractivity contribution in [2.75, 3.05) is 13.1 Å². The molecule has 0 saturated carbocycles. The molecular formula is C16H24ClFN2. The molecule has 0 aliphatic carbocycles. The number of nitrogens with one attached hydrogen (secondary N) is 1. The highest BCUT2D eigenvalue weighted by atomic mass is 35.5. The minimum absolute atomic E-state index is 0.210. The molecule has 1 saturated heterocycles. The molecule has 1 atom stereocenters. The van der Waals surface area contributed by atoms with Crippen LogP contribution in [0.4, 0.5) is 4.39 Å². The standard InChI is InChI=1S/C16H24ClFN2/c1-12(2)20(11-14-5-3-4-8-19-14)10-13-6-7-16(18)15(17)9-13/h6-7,9,12,14,19H,3-5,8,10-11H2,1-2H3. The summed E-state index contributed by atoms with van der Waals surface area (Å²) in [5.74, 6) is -0.347. The van der Waals surface area contributed by atoms with Crippen LogP contribution in [-0.4, -0.2) is 30.1 Å². The Kier molecular flexibility index (Phi) is 5.82. The Morgan fingerprint density at radius 1 is 1.40 bits per heavy atom. The van der Waals surface area contributed by atoms with Gasteiger partial charge in [-0.3, -0.25) is 4.90 Å². The molecular weight excluding hydrogens is 275 g/mol. The zero-order chi connectivity index (χ0) is 14.5. The summed E-state index contributed by atoms with van der Waals surface area (Å²) >= 11 is 5.86. The Hall–Kier alpha value is -0.640. The molecule has 1 aromatic carbocycles. The van der Waals surface area contributed by atoms with E-state index in [9.17, 15) is 4.39 Å². The summed E-state index contributed by atoms with van der Waals surface area (Å²) in [4.78, 5) is 2.42. The molecule has 0 radical (unpaired) electrons. The maximum atomic E-state index is 13.2. The van der Waals surface area contributed by atoms with Gasteiger partial charge in [-0.25, -0.2) is 4.39 Å². The topological polar surface area (TPSA) is 15.3 Å². The normalized spacial score (nSPS) is 19.8. The van der Waals surface area contributed by atoms with Gasteiger partial charge in [-0.05, 0) is 50.9 Å². The van der Waals surface area contributed by atoms with Crippen LogP contribution in [-0.2, 0) is 6.54 Å². The third-order valence-electron chi connectivity index (χ3n) is 3.97. The van der Waals surface area contributed by atoms with Crippen LogP contribution in [0.3, 0.4) is 0 Å². The van der Waals surface area contributed by atoms with Crippen molar-refractivity contribution in [2.45, 2.75) is 51.7 Å². The fourth-order valence-electron chi connectivity index (χ4n) is 2.69.